The van der Waals surface area contributed by atoms with Crippen LogP contribution in [0.1, 0.15) is 20.8 Å². The predicted molar refractivity (Wildman–Crippen MR) is 79.2 cm³/mol. The first-order chi connectivity index (χ1) is 9.45. The second-order valence-corrected chi connectivity index (χ2v) is 6.54. The van der Waals surface area contributed by atoms with Gasteiger partial charge in [0.25, 0.3) is 0 Å². The minimum absolute atomic E-state index is 0.156. The van der Waals surface area contributed by atoms with Crippen molar-refractivity contribution in [3.05, 3.63) is 18.3 Å². The van der Waals surface area contributed by atoms with Crippen molar-refractivity contribution >= 4 is 15.8 Å². The summed E-state index contributed by atoms with van der Waals surface area (Å²) in [5.41, 5.74) is 0. The number of nitrogens with zero attached hydrogens (tertiary/aromatic N) is 1. The topological polar surface area (TPSA) is 80.3 Å². The molecule has 7 heteroatoms. The van der Waals surface area contributed by atoms with Gasteiger partial charge in [0.2, 0.25) is 10.0 Å². The van der Waals surface area contributed by atoms with E-state index in [0.29, 0.717) is 24.9 Å². The number of sulfonamides is 1. The number of rotatable bonds is 9. The molecular formula is C13H23N3O3S. The number of hydrogen-bond donors (Lipinski definition) is 2. The van der Waals surface area contributed by atoms with Gasteiger partial charge < -0.3 is 10.1 Å². The molecule has 0 radical (unpaired) electrons. The van der Waals surface area contributed by atoms with Crippen LogP contribution in [0.5, 0.6) is 0 Å². The normalized spacial score (nSPS) is 11.8. The molecule has 0 saturated carbocycles. The summed E-state index contributed by atoms with van der Waals surface area (Å²) in [5, 5.41) is 3.01. The van der Waals surface area contributed by atoms with Crippen LogP contribution < -0.4 is 10.0 Å². The van der Waals surface area contributed by atoms with Gasteiger partial charge in [0.05, 0.1) is 6.61 Å². The largest absolute Gasteiger partial charge is 0.380 e. The monoisotopic (exact) mass is 301 g/mol. The van der Waals surface area contributed by atoms with Gasteiger partial charge in [0.1, 0.15) is 10.7 Å². The van der Waals surface area contributed by atoms with Crippen molar-refractivity contribution in [1.82, 2.24) is 9.71 Å². The number of ether oxygens (including phenoxy) is 1. The minimum Gasteiger partial charge on any atom is -0.380 e. The van der Waals surface area contributed by atoms with E-state index in [1.165, 1.54) is 12.3 Å². The van der Waals surface area contributed by atoms with E-state index in [2.05, 4.69) is 15.0 Å². The summed E-state index contributed by atoms with van der Waals surface area (Å²) >= 11 is 0. The van der Waals surface area contributed by atoms with E-state index in [1.54, 1.807) is 6.07 Å². The molecule has 20 heavy (non-hydrogen) atoms. The Bertz CT molecular complexity index is 486. The summed E-state index contributed by atoms with van der Waals surface area (Å²) in [6.45, 7) is 8.02. The van der Waals surface area contributed by atoms with Crippen LogP contribution in [0, 0.1) is 5.92 Å². The number of pyridine rings is 1. The van der Waals surface area contributed by atoms with Gasteiger partial charge in [-0.15, -0.1) is 0 Å². The van der Waals surface area contributed by atoms with Crippen molar-refractivity contribution < 1.29 is 13.2 Å². The first kappa shape index (κ1) is 16.9. The fourth-order valence-corrected chi connectivity index (χ4v) is 2.43. The van der Waals surface area contributed by atoms with Crippen molar-refractivity contribution in [2.45, 2.75) is 25.7 Å². The van der Waals surface area contributed by atoms with E-state index in [9.17, 15) is 8.42 Å². The molecule has 114 valence electrons. The summed E-state index contributed by atoms with van der Waals surface area (Å²) in [5.74, 6) is 1.10. The van der Waals surface area contributed by atoms with Crippen molar-refractivity contribution in [2.24, 2.45) is 5.92 Å². The van der Waals surface area contributed by atoms with Gasteiger partial charge in [-0.05, 0) is 25.0 Å². The molecule has 1 aromatic rings. The Morgan fingerprint density at radius 3 is 2.65 bits per heavy atom. The molecule has 2 N–H and O–H groups in total. The van der Waals surface area contributed by atoms with Crippen LogP contribution >= 0.6 is 0 Å². The van der Waals surface area contributed by atoms with Crippen molar-refractivity contribution in [2.75, 3.05) is 31.6 Å². The molecule has 0 atom stereocenters. The standard InChI is InChI=1S/C13H23N3O3S/c1-4-14-13-6-5-12(9-15-13)20(17,18)16-7-8-19-10-11(2)3/h5-6,9,11,16H,4,7-8,10H2,1-3H3,(H,14,15). The van der Waals surface area contributed by atoms with Crippen molar-refractivity contribution in [1.29, 1.82) is 0 Å². The van der Waals surface area contributed by atoms with Gasteiger partial charge in [-0.3, -0.25) is 0 Å². The highest BCUT2D eigenvalue weighted by atomic mass is 32.2. The first-order valence-electron chi connectivity index (χ1n) is 6.73. The molecule has 0 bridgehead atoms. The molecule has 6 nitrogen and oxygen atoms in total. The lowest BCUT2D eigenvalue weighted by molar-refractivity contribution is 0.114. The Hall–Kier alpha value is -1.18. The van der Waals surface area contributed by atoms with Gasteiger partial charge in [-0.2, -0.15) is 0 Å². The lowest BCUT2D eigenvalue weighted by Crippen LogP contribution is -2.28. The quantitative estimate of drug-likeness (QED) is 0.675. The molecule has 0 spiro atoms. The third-order valence-electron chi connectivity index (χ3n) is 2.39. The van der Waals surface area contributed by atoms with E-state index in [1.807, 2.05) is 20.8 Å². The predicted octanol–water partition coefficient (Wildman–Crippen LogP) is 1.46. The number of hydrogen-bond acceptors (Lipinski definition) is 5. The minimum atomic E-state index is -3.51. The summed E-state index contributed by atoms with van der Waals surface area (Å²) in [6.07, 6.45) is 1.34. The fraction of sp³-hybridized carbons (Fsp3) is 0.615. The summed E-state index contributed by atoms with van der Waals surface area (Å²) in [7, 11) is -3.51. The van der Waals surface area contributed by atoms with Crippen molar-refractivity contribution in [3.8, 4) is 0 Å². The van der Waals surface area contributed by atoms with Gasteiger partial charge in [0.15, 0.2) is 0 Å². The summed E-state index contributed by atoms with van der Waals surface area (Å²) < 4.78 is 31.8. The highest BCUT2D eigenvalue weighted by Crippen LogP contribution is 2.10. The maximum absolute atomic E-state index is 12.0. The van der Waals surface area contributed by atoms with Crippen LogP contribution in [0.4, 0.5) is 5.82 Å². The number of aromatic nitrogens is 1. The third-order valence-corrected chi connectivity index (χ3v) is 3.84. The Balaban J connectivity index is 2.47. The Kier molecular flexibility index (Phi) is 6.90. The average Bonchev–Trinajstić information content (AvgIpc) is 2.39. The van der Waals surface area contributed by atoms with Crippen LogP contribution in [0.15, 0.2) is 23.2 Å². The lowest BCUT2D eigenvalue weighted by atomic mass is 10.2. The maximum atomic E-state index is 12.0. The Morgan fingerprint density at radius 2 is 2.10 bits per heavy atom. The molecule has 0 aromatic carbocycles. The molecule has 0 fully saturated rings. The summed E-state index contributed by atoms with van der Waals surface area (Å²) in [4.78, 5) is 4.20. The van der Waals surface area contributed by atoms with E-state index < -0.39 is 10.0 Å². The lowest BCUT2D eigenvalue weighted by Gasteiger charge is -2.09. The second-order valence-electron chi connectivity index (χ2n) is 4.78. The van der Waals surface area contributed by atoms with Gasteiger partial charge in [0, 0.05) is 25.9 Å². The van der Waals surface area contributed by atoms with Gasteiger partial charge >= 0.3 is 0 Å². The van der Waals surface area contributed by atoms with E-state index in [-0.39, 0.29) is 11.4 Å². The van der Waals surface area contributed by atoms with Gasteiger partial charge in [-0.25, -0.2) is 18.1 Å². The molecule has 0 aliphatic carbocycles. The number of nitrogens with one attached hydrogen (secondary N) is 2. The molecule has 1 heterocycles. The van der Waals surface area contributed by atoms with Crippen LogP contribution in [0.2, 0.25) is 0 Å². The van der Waals surface area contributed by atoms with Crippen molar-refractivity contribution in [3.63, 3.8) is 0 Å². The SMILES string of the molecule is CCNc1ccc(S(=O)(=O)NCCOCC(C)C)cn1. The maximum Gasteiger partial charge on any atom is 0.242 e. The second kappa shape index (κ2) is 8.18. The van der Waals surface area contributed by atoms with E-state index >= 15 is 0 Å². The summed E-state index contributed by atoms with van der Waals surface area (Å²) in [6, 6.07) is 3.18. The van der Waals surface area contributed by atoms with Crippen LogP contribution in [-0.4, -0.2) is 39.7 Å². The number of anilines is 1. The van der Waals surface area contributed by atoms with Crippen LogP contribution in [-0.2, 0) is 14.8 Å². The zero-order valence-electron chi connectivity index (χ0n) is 12.2. The van der Waals surface area contributed by atoms with Crippen LogP contribution in [0.25, 0.3) is 0 Å². The molecule has 0 unspecified atom stereocenters. The van der Waals surface area contributed by atoms with Gasteiger partial charge in [-0.1, -0.05) is 13.8 Å². The Labute approximate surface area is 121 Å². The van der Waals surface area contributed by atoms with Crippen LogP contribution in [0.3, 0.4) is 0 Å². The molecule has 0 saturated heterocycles. The average molecular weight is 301 g/mol. The molecule has 0 aliphatic heterocycles. The molecular weight excluding hydrogens is 278 g/mol. The fourth-order valence-electron chi connectivity index (χ4n) is 1.48. The van der Waals surface area contributed by atoms with E-state index in [4.69, 9.17) is 4.74 Å². The zero-order chi connectivity index (χ0) is 15.0. The smallest absolute Gasteiger partial charge is 0.242 e. The molecule has 1 aromatic heterocycles. The highest BCUT2D eigenvalue weighted by Gasteiger charge is 2.13. The Morgan fingerprint density at radius 1 is 1.35 bits per heavy atom. The molecule has 1 rings (SSSR count). The first-order valence-corrected chi connectivity index (χ1v) is 8.21. The molecule has 0 amide bonds. The molecule has 0 aliphatic rings. The zero-order valence-corrected chi connectivity index (χ0v) is 13.0. The highest BCUT2D eigenvalue weighted by molar-refractivity contribution is 7.89. The third kappa shape index (κ3) is 5.85. The van der Waals surface area contributed by atoms with E-state index in [0.717, 1.165) is 6.54 Å².